The summed E-state index contributed by atoms with van der Waals surface area (Å²) in [5.41, 5.74) is 5.76. The molecule has 4 nitrogen and oxygen atoms in total. The maximum absolute atomic E-state index is 12.3. The lowest BCUT2D eigenvalue weighted by molar-refractivity contribution is -0.148. The summed E-state index contributed by atoms with van der Waals surface area (Å²) in [6, 6.07) is 11.4. The minimum absolute atomic E-state index is 0.306. The third-order valence-electron chi connectivity index (χ3n) is 5.92. The van der Waals surface area contributed by atoms with E-state index < -0.39 is 13.7 Å². The highest BCUT2D eigenvalue weighted by Gasteiger charge is 2.36. The van der Waals surface area contributed by atoms with Gasteiger partial charge in [-0.15, -0.1) is 0 Å². The Morgan fingerprint density at radius 3 is 2.16 bits per heavy atom. The van der Waals surface area contributed by atoms with E-state index in [1.165, 1.54) is 27.2 Å². The van der Waals surface area contributed by atoms with Crippen LogP contribution >= 0.6 is 0 Å². The van der Waals surface area contributed by atoms with E-state index in [1.807, 2.05) is 26.8 Å². The van der Waals surface area contributed by atoms with Gasteiger partial charge in [0.2, 0.25) is 0 Å². The fourth-order valence-corrected chi connectivity index (χ4v) is 7.52. The van der Waals surface area contributed by atoms with Crippen molar-refractivity contribution in [1.29, 1.82) is 0 Å². The number of carbonyl (C=O) groups excluding carboxylic acids is 1. The molecule has 0 saturated carbocycles. The molecule has 0 amide bonds. The van der Waals surface area contributed by atoms with E-state index in [2.05, 4.69) is 81.4 Å². The van der Waals surface area contributed by atoms with Crippen molar-refractivity contribution in [1.82, 2.24) is 0 Å². The van der Waals surface area contributed by atoms with Crippen molar-refractivity contribution in [2.75, 3.05) is 38.0 Å². The normalized spacial score (nSPS) is 14.7. The first-order valence-corrected chi connectivity index (χ1v) is 13.9. The number of benzene rings is 2. The first-order valence-electron chi connectivity index (χ1n) is 10.9. The Morgan fingerprint density at radius 1 is 0.968 bits per heavy atom. The van der Waals surface area contributed by atoms with Crippen LogP contribution in [-0.4, -0.2) is 47.8 Å². The molecule has 2 aromatic carbocycles. The van der Waals surface area contributed by atoms with Crippen molar-refractivity contribution < 1.29 is 9.53 Å². The summed E-state index contributed by atoms with van der Waals surface area (Å²) in [6.07, 6.45) is 4.39. The SMILES string of the molecule is CN(C)c1ccc2c(c1)[Si](C)(C)c1cc(N(C)C)cc(/C=C/C(=O)OC(C)(C)C)c1C2. The number of rotatable bonds is 4. The van der Waals surface area contributed by atoms with E-state index in [0.29, 0.717) is 0 Å². The fraction of sp³-hybridized carbons (Fsp3) is 0.423. The molecule has 1 heterocycles. The molecule has 0 N–H and O–H groups in total. The molecule has 0 aromatic heterocycles. The van der Waals surface area contributed by atoms with E-state index in [4.69, 9.17) is 4.74 Å². The van der Waals surface area contributed by atoms with E-state index in [-0.39, 0.29) is 5.97 Å². The van der Waals surface area contributed by atoms with E-state index >= 15 is 0 Å². The summed E-state index contributed by atoms with van der Waals surface area (Å²) in [5, 5.41) is 2.95. The van der Waals surface area contributed by atoms with Crippen LogP contribution in [0.15, 0.2) is 36.4 Å². The molecule has 0 aliphatic carbocycles. The lowest BCUT2D eigenvalue weighted by Crippen LogP contribution is -2.58. The van der Waals surface area contributed by atoms with Gasteiger partial charge in [0.25, 0.3) is 0 Å². The number of nitrogens with zero attached hydrogens (tertiary/aromatic N) is 2. The molecule has 2 aromatic rings. The highest BCUT2D eigenvalue weighted by atomic mass is 28.3. The second kappa shape index (κ2) is 8.19. The Kier molecular flexibility index (Phi) is 6.11. The molecule has 166 valence electrons. The van der Waals surface area contributed by atoms with Crippen LogP contribution in [0.25, 0.3) is 6.08 Å². The molecule has 0 fully saturated rings. The number of hydrogen-bond donors (Lipinski definition) is 0. The molecule has 0 saturated heterocycles. The van der Waals surface area contributed by atoms with Crippen LogP contribution < -0.4 is 20.2 Å². The second-order valence-electron chi connectivity index (χ2n) is 10.4. The predicted molar refractivity (Wildman–Crippen MR) is 136 cm³/mol. The Bertz CT molecular complexity index is 1030. The van der Waals surface area contributed by atoms with Crippen molar-refractivity contribution in [2.45, 2.75) is 45.9 Å². The molecule has 0 radical (unpaired) electrons. The lowest BCUT2D eigenvalue weighted by Gasteiger charge is -2.36. The van der Waals surface area contributed by atoms with Gasteiger partial charge in [-0.25, -0.2) is 4.79 Å². The molecule has 5 heteroatoms. The van der Waals surface area contributed by atoms with Gasteiger partial charge in [-0.2, -0.15) is 0 Å². The molecule has 0 atom stereocenters. The predicted octanol–water partition coefficient (Wildman–Crippen LogP) is 3.90. The molecule has 1 aliphatic rings. The molecule has 31 heavy (non-hydrogen) atoms. The zero-order chi connectivity index (χ0) is 23.1. The monoisotopic (exact) mass is 436 g/mol. The Morgan fingerprint density at radius 2 is 1.58 bits per heavy atom. The molecular weight excluding hydrogens is 400 g/mol. The first-order chi connectivity index (χ1) is 14.3. The Balaban J connectivity index is 2.12. The average Bonchev–Trinajstić information content (AvgIpc) is 2.64. The van der Waals surface area contributed by atoms with Crippen molar-refractivity contribution >= 4 is 41.9 Å². The van der Waals surface area contributed by atoms with Crippen molar-refractivity contribution in [2.24, 2.45) is 0 Å². The van der Waals surface area contributed by atoms with Crippen molar-refractivity contribution in [3.63, 3.8) is 0 Å². The van der Waals surface area contributed by atoms with Gasteiger partial charge >= 0.3 is 5.97 Å². The van der Waals surface area contributed by atoms with Crippen LogP contribution in [0.5, 0.6) is 0 Å². The summed E-state index contributed by atoms with van der Waals surface area (Å²) in [6.45, 7) is 10.5. The Labute approximate surface area is 188 Å². The van der Waals surface area contributed by atoms with E-state index in [0.717, 1.165) is 17.7 Å². The van der Waals surface area contributed by atoms with Crippen LogP contribution in [0.2, 0.25) is 13.1 Å². The van der Waals surface area contributed by atoms with Gasteiger partial charge in [-0.05, 0) is 84.6 Å². The zero-order valence-electron chi connectivity index (χ0n) is 20.5. The van der Waals surface area contributed by atoms with Crippen molar-refractivity contribution in [3.8, 4) is 0 Å². The standard InChI is InChI=1S/C26H36N2O2Si/c1-26(2,3)30-25(29)13-11-18-14-21(28(6)7)17-24-22(18)15-19-10-12-20(27(4)5)16-23(19)31(24,8)9/h10-14,16-17H,15H2,1-9H3/b13-11+. The van der Waals surface area contributed by atoms with Gasteiger partial charge in [0.05, 0.1) is 0 Å². The number of fused-ring (bicyclic) bond motifs is 2. The maximum Gasteiger partial charge on any atom is 0.331 e. The summed E-state index contributed by atoms with van der Waals surface area (Å²) in [7, 11) is 6.41. The molecule has 0 unspecified atom stereocenters. The molecule has 0 bridgehead atoms. The zero-order valence-corrected chi connectivity index (χ0v) is 21.5. The number of hydrogen-bond acceptors (Lipinski definition) is 4. The average molecular weight is 437 g/mol. The van der Waals surface area contributed by atoms with Gasteiger partial charge < -0.3 is 14.5 Å². The molecule has 3 rings (SSSR count). The number of esters is 1. The first kappa shape index (κ1) is 23.1. The second-order valence-corrected chi connectivity index (χ2v) is 14.7. The largest absolute Gasteiger partial charge is 0.457 e. The Hall–Kier alpha value is -2.53. The number of anilines is 2. The van der Waals surface area contributed by atoms with Crippen LogP contribution in [-0.2, 0) is 16.0 Å². The van der Waals surface area contributed by atoms with Gasteiger partial charge in [0.1, 0.15) is 13.7 Å². The number of ether oxygens (including phenoxy) is 1. The smallest absolute Gasteiger partial charge is 0.331 e. The quantitative estimate of drug-likeness (QED) is 0.413. The molecule has 1 aliphatic heterocycles. The maximum atomic E-state index is 12.3. The van der Waals surface area contributed by atoms with Gasteiger partial charge in [0, 0.05) is 45.6 Å². The van der Waals surface area contributed by atoms with Crippen LogP contribution in [0.4, 0.5) is 11.4 Å². The molecule has 0 spiro atoms. The topological polar surface area (TPSA) is 32.8 Å². The van der Waals surface area contributed by atoms with Gasteiger partial charge in [-0.3, -0.25) is 0 Å². The van der Waals surface area contributed by atoms with E-state index in [1.54, 1.807) is 6.08 Å². The fourth-order valence-electron chi connectivity index (χ4n) is 4.25. The summed E-state index contributed by atoms with van der Waals surface area (Å²) < 4.78 is 5.48. The highest BCUT2D eigenvalue weighted by molar-refractivity contribution is 7.01. The van der Waals surface area contributed by atoms with Crippen LogP contribution in [0.1, 0.15) is 37.5 Å². The van der Waals surface area contributed by atoms with E-state index in [9.17, 15) is 4.79 Å². The minimum Gasteiger partial charge on any atom is -0.457 e. The summed E-state index contributed by atoms with van der Waals surface area (Å²) >= 11 is 0. The minimum atomic E-state index is -1.92. The lowest BCUT2D eigenvalue weighted by atomic mass is 9.97. The summed E-state index contributed by atoms with van der Waals surface area (Å²) in [5.74, 6) is -0.306. The van der Waals surface area contributed by atoms with Gasteiger partial charge in [0.15, 0.2) is 0 Å². The molecular formula is C26H36N2O2Si. The van der Waals surface area contributed by atoms with Crippen molar-refractivity contribution in [3.05, 3.63) is 53.1 Å². The van der Waals surface area contributed by atoms with Crippen LogP contribution in [0, 0.1) is 0 Å². The van der Waals surface area contributed by atoms with Crippen LogP contribution in [0.3, 0.4) is 0 Å². The number of carbonyl (C=O) groups is 1. The summed E-state index contributed by atoms with van der Waals surface area (Å²) in [4.78, 5) is 16.6. The third-order valence-corrected chi connectivity index (χ3v) is 9.52. The highest BCUT2D eigenvalue weighted by Crippen LogP contribution is 2.29. The van der Waals surface area contributed by atoms with Gasteiger partial charge in [-0.1, -0.05) is 19.2 Å². The third kappa shape index (κ3) is 4.87.